The van der Waals surface area contributed by atoms with Gasteiger partial charge in [-0.3, -0.25) is 0 Å². The van der Waals surface area contributed by atoms with E-state index in [1.54, 1.807) is 0 Å². The van der Waals surface area contributed by atoms with Crippen LogP contribution < -0.4 is 10.2 Å². The van der Waals surface area contributed by atoms with E-state index in [-0.39, 0.29) is 0 Å². The van der Waals surface area contributed by atoms with Crippen LogP contribution in [-0.2, 0) is 0 Å². The van der Waals surface area contributed by atoms with Crippen molar-refractivity contribution in [1.29, 1.82) is 0 Å². The number of hydrogen-bond donors (Lipinski definition) is 1. The van der Waals surface area contributed by atoms with Crippen molar-refractivity contribution in [2.75, 3.05) is 34.8 Å². The van der Waals surface area contributed by atoms with E-state index in [1.807, 2.05) is 11.8 Å². The van der Waals surface area contributed by atoms with Crippen LogP contribution in [0.1, 0.15) is 45.9 Å². The summed E-state index contributed by atoms with van der Waals surface area (Å²) in [5, 5.41) is 3.40. The fraction of sp³-hybridized carbons (Fsp3) is 0.733. The van der Waals surface area contributed by atoms with Crippen molar-refractivity contribution in [3.8, 4) is 0 Å². The van der Waals surface area contributed by atoms with Crippen molar-refractivity contribution >= 4 is 23.4 Å². The minimum absolute atomic E-state index is 0.353. The van der Waals surface area contributed by atoms with Crippen LogP contribution in [0.2, 0.25) is 0 Å². The SMILES string of the molecule is CCCNc1cc(N2CCSCC2C)nc(C(C)C)n1. The maximum atomic E-state index is 4.78. The molecule has 0 aliphatic carbocycles. The summed E-state index contributed by atoms with van der Waals surface area (Å²) in [5.74, 6) is 5.70. The van der Waals surface area contributed by atoms with E-state index in [9.17, 15) is 0 Å². The van der Waals surface area contributed by atoms with Gasteiger partial charge in [0, 0.05) is 42.6 Å². The van der Waals surface area contributed by atoms with Crippen molar-refractivity contribution in [1.82, 2.24) is 9.97 Å². The van der Waals surface area contributed by atoms with Gasteiger partial charge in [-0.25, -0.2) is 9.97 Å². The Morgan fingerprint density at radius 1 is 1.45 bits per heavy atom. The Morgan fingerprint density at radius 2 is 2.25 bits per heavy atom. The number of nitrogens with one attached hydrogen (secondary N) is 1. The highest BCUT2D eigenvalue weighted by Crippen LogP contribution is 2.25. The van der Waals surface area contributed by atoms with E-state index >= 15 is 0 Å². The smallest absolute Gasteiger partial charge is 0.135 e. The van der Waals surface area contributed by atoms with Crippen molar-refractivity contribution in [3.63, 3.8) is 0 Å². The number of anilines is 2. The van der Waals surface area contributed by atoms with E-state index in [0.717, 1.165) is 37.0 Å². The van der Waals surface area contributed by atoms with E-state index in [4.69, 9.17) is 4.98 Å². The molecule has 1 aromatic heterocycles. The monoisotopic (exact) mass is 294 g/mol. The Balaban J connectivity index is 2.27. The van der Waals surface area contributed by atoms with Gasteiger partial charge in [0.1, 0.15) is 17.5 Å². The molecule has 0 amide bonds. The Morgan fingerprint density at radius 3 is 2.90 bits per heavy atom. The summed E-state index contributed by atoms with van der Waals surface area (Å²) in [6.07, 6.45) is 1.10. The minimum Gasteiger partial charge on any atom is -0.370 e. The van der Waals surface area contributed by atoms with Gasteiger partial charge in [-0.2, -0.15) is 11.8 Å². The molecule has 0 radical (unpaired) electrons. The molecule has 0 aromatic carbocycles. The summed E-state index contributed by atoms with van der Waals surface area (Å²) in [6, 6.07) is 2.65. The van der Waals surface area contributed by atoms with E-state index in [1.165, 1.54) is 11.5 Å². The van der Waals surface area contributed by atoms with Crippen LogP contribution in [0.25, 0.3) is 0 Å². The predicted octanol–water partition coefficient (Wildman–Crippen LogP) is 3.36. The highest BCUT2D eigenvalue weighted by molar-refractivity contribution is 7.99. The molecule has 2 rings (SSSR count). The lowest BCUT2D eigenvalue weighted by Crippen LogP contribution is -2.41. The van der Waals surface area contributed by atoms with E-state index in [2.05, 4.69) is 49.0 Å². The lowest BCUT2D eigenvalue weighted by Gasteiger charge is -2.34. The third kappa shape index (κ3) is 3.78. The highest BCUT2D eigenvalue weighted by Gasteiger charge is 2.21. The minimum atomic E-state index is 0.353. The summed E-state index contributed by atoms with van der Waals surface area (Å²) in [6.45, 7) is 10.8. The van der Waals surface area contributed by atoms with Gasteiger partial charge >= 0.3 is 0 Å². The Hall–Kier alpha value is -0.970. The van der Waals surface area contributed by atoms with E-state index < -0.39 is 0 Å². The fourth-order valence-corrected chi connectivity index (χ4v) is 3.28. The van der Waals surface area contributed by atoms with Crippen LogP contribution in [0, 0.1) is 0 Å². The third-order valence-electron chi connectivity index (χ3n) is 3.46. The van der Waals surface area contributed by atoms with Gasteiger partial charge in [0.2, 0.25) is 0 Å². The van der Waals surface area contributed by atoms with Crippen LogP contribution >= 0.6 is 11.8 Å². The molecule has 1 fully saturated rings. The number of hydrogen-bond acceptors (Lipinski definition) is 5. The van der Waals surface area contributed by atoms with Crippen LogP contribution in [0.3, 0.4) is 0 Å². The molecular weight excluding hydrogens is 268 g/mol. The van der Waals surface area contributed by atoms with Gasteiger partial charge in [0.05, 0.1) is 0 Å². The van der Waals surface area contributed by atoms with Crippen LogP contribution in [-0.4, -0.2) is 40.6 Å². The van der Waals surface area contributed by atoms with Crippen molar-refractivity contribution < 1.29 is 0 Å². The average molecular weight is 294 g/mol. The molecular formula is C15H26N4S. The first-order valence-corrected chi connectivity index (χ1v) is 8.74. The fourth-order valence-electron chi connectivity index (χ4n) is 2.27. The van der Waals surface area contributed by atoms with Gasteiger partial charge in [0.15, 0.2) is 0 Å². The molecule has 1 saturated heterocycles. The Bertz CT molecular complexity index is 436. The molecule has 1 atom stereocenters. The summed E-state index contributed by atoms with van der Waals surface area (Å²) in [5.41, 5.74) is 0. The molecule has 1 unspecified atom stereocenters. The molecule has 1 N–H and O–H groups in total. The van der Waals surface area contributed by atoms with Gasteiger partial charge in [-0.05, 0) is 13.3 Å². The molecule has 4 nitrogen and oxygen atoms in total. The maximum absolute atomic E-state index is 4.78. The molecule has 20 heavy (non-hydrogen) atoms. The lowest BCUT2D eigenvalue weighted by atomic mass is 10.2. The number of nitrogens with zero attached hydrogens (tertiary/aromatic N) is 3. The summed E-state index contributed by atoms with van der Waals surface area (Å²) in [7, 11) is 0. The second-order valence-electron chi connectivity index (χ2n) is 5.67. The number of rotatable bonds is 5. The molecule has 1 aliphatic rings. The maximum Gasteiger partial charge on any atom is 0.135 e. The summed E-state index contributed by atoms with van der Waals surface area (Å²) < 4.78 is 0. The van der Waals surface area contributed by atoms with Gasteiger partial charge in [-0.15, -0.1) is 0 Å². The quantitative estimate of drug-likeness (QED) is 0.902. The van der Waals surface area contributed by atoms with Crippen molar-refractivity contribution in [2.24, 2.45) is 0 Å². The molecule has 5 heteroatoms. The molecule has 0 bridgehead atoms. The largest absolute Gasteiger partial charge is 0.370 e. The Labute approximate surface area is 126 Å². The van der Waals surface area contributed by atoms with Crippen LogP contribution in [0.5, 0.6) is 0 Å². The first-order valence-electron chi connectivity index (χ1n) is 7.59. The van der Waals surface area contributed by atoms with Gasteiger partial charge in [-0.1, -0.05) is 20.8 Å². The van der Waals surface area contributed by atoms with Crippen LogP contribution in [0.15, 0.2) is 6.07 Å². The number of aromatic nitrogens is 2. The lowest BCUT2D eigenvalue weighted by molar-refractivity contribution is 0.677. The normalized spacial score (nSPS) is 19.4. The standard InChI is InChI=1S/C15H26N4S/c1-5-6-16-13-9-14(18-15(17-13)11(2)3)19-7-8-20-10-12(19)4/h9,11-12H,5-8,10H2,1-4H3,(H,16,17,18). The molecule has 0 spiro atoms. The molecule has 112 valence electrons. The third-order valence-corrected chi connectivity index (χ3v) is 4.65. The molecule has 1 aliphatic heterocycles. The van der Waals surface area contributed by atoms with Crippen molar-refractivity contribution in [3.05, 3.63) is 11.9 Å². The first-order chi connectivity index (χ1) is 9.61. The second kappa shape index (κ2) is 7.16. The molecule has 0 saturated carbocycles. The second-order valence-corrected chi connectivity index (χ2v) is 6.82. The zero-order chi connectivity index (χ0) is 14.5. The topological polar surface area (TPSA) is 41.0 Å². The molecule has 2 heterocycles. The van der Waals surface area contributed by atoms with Crippen LogP contribution in [0.4, 0.5) is 11.6 Å². The zero-order valence-electron chi connectivity index (χ0n) is 13.0. The highest BCUT2D eigenvalue weighted by atomic mass is 32.2. The van der Waals surface area contributed by atoms with E-state index in [0.29, 0.717) is 12.0 Å². The Kier molecular flexibility index (Phi) is 5.52. The summed E-state index contributed by atoms with van der Waals surface area (Å²) >= 11 is 2.03. The predicted molar refractivity (Wildman–Crippen MR) is 89.0 cm³/mol. The van der Waals surface area contributed by atoms with Gasteiger partial charge in [0.25, 0.3) is 0 Å². The molecule has 1 aromatic rings. The zero-order valence-corrected chi connectivity index (χ0v) is 13.8. The van der Waals surface area contributed by atoms with Crippen molar-refractivity contribution in [2.45, 2.75) is 46.1 Å². The first kappa shape index (κ1) is 15.4. The number of thioether (sulfide) groups is 1. The average Bonchev–Trinajstić information content (AvgIpc) is 2.45. The van der Waals surface area contributed by atoms with Gasteiger partial charge < -0.3 is 10.2 Å². The summed E-state index contributed by atoms with van der Waals surface area (Å²) in [4.78, 5) is 11.8.